The first-order valence-electron chi connectivity index (χ1n) is 7.47. The van der Waals surface area contributed by atoms with Crippen LogP contribution in [0.2, 0.25) is 0 Å². The lowest BCUT2D eigenvalue weighted by Gasteiger charge is -2.34. The molecular formula is C15H16F3NO5S. The van der Waals surface area contributed by atoms with Crippen molar-refractivity contribution in [2.75, 3.05) is 6.26 Å². The molecule has 0 bridgehead atoms. The molecule has 0 aromatic heterocycles. The molecule has 1 aromatic carbocycles. The van der Waals surface area contributed by atoms with Gasteiger partial charge >= 0.3 is 5.92 Å². The van der Waals surface area contributed by atoms with Crippen LogP contribution in [0, 0.1) is 5.92 Å². The van der Waals surface area contributed by atoms with Crippen LogP contribution in [0.1, 0.15) is 36.2 Å². The summed E-state index contributed by atoms with van der Waals surface area (Å²) in [6.07, 6.45) is -4.72. The van der Waals surface area contributed by atoms with Gasteiger partial charge in [-0.1, -0.05) is 0 Å². The zero-order valence-corrected chi connectivity index (χ0v) is 13.9. The zero-order valence-electron chi connectivity index (χ0n) is 13.1. The van der Waals surface area contributed by atoms with Crippen molar-refractivity contribution in [3.05, 3.63) is 23.3 Å². The maximum atomic E-state index is 14.3. The van der Waals surface area contributed by atoms with Crippen molar-refractivity contribution in [1.29, 1.82) is 0 Å². The highest BCUT2D eigenvalue weighted by Gasteiger charge is 2.59. The Bertz CT molecular complexity index is 836. The maximum absolute atomic E-state index is 14.3. The predicted molar refractivity (Wildman–Crippen MR) is 79.6 cm³/mol. The number of halogens is 3. The monoisotopic (exact) mass is 379 g/mol. The van der Waals surface area contributed by atoms with Crippen LogP contribution in [0.15, 0.2) is 17.0 Å². The van der Waals surface area contributed by atoms with Crippen molar-refractivity contribution < 1.29 is 36.2 Å². The molecule has 0 aliphatic heterocycles. The molecule has 25 heavy (non-hydrogen) atoms. The lowest BCUT2D eigenvalue weighted by molar-refractivity contribution is -0.144. The number of hydrogen-bond donors (Lipinski definition) is 2. The van der Waals surface area contributed by atoms with Gasteiger partial charge in [0.2, 0.25) is 5.91 Å². The minimum absolute atomic E-state index is 0.258. The Morgan fingerprint density at radius 2 is 1.92 bits per heavy atom. The quantitative estimate of drug-likeness (QED) is 0.823. The van der Waals surface area contributed by atoms with Crippen molar-refractivity contribution in [3.8, 4) is 5.75 Å². The molecule has 1 aromatic rings. The number of hydrogen-bond acceptors (Lipinski definition) is 5. The number of carbonyl (C=O) groups excluding carboxylic acids is 1. The number of aliphatic hydroxyl groups excluding tert-OH is 1. The van der Waals surface area contributed by atoms with Gasteiger partial charge in [-0.05, 0) is 25.0 Å². The number of ether oxygens (including phenoxy) is 1. The summed E-state index contributed by atoms with van der Waals surface area (Å²) in [7, 11) is -3.97. The second-order valence-electron chi connectivity index (χ2n) is 6.41. The number of rotatable bonds is 4. The Labute approximate surface area is 141 Å². The first-order valence-corrected chi connectivity index (χ1v) is 9.36. The van der Waals surface area contributed by atoms with Crippen LogP contribution in [0.4, 0.5) is 13.2 Å². The summed E-state index contributed by atoms with van der Waals surface area (Å²) in [6.45, 7) is 0. The van der Waals surface area contributed by atoms with Gasteiger partial charge in [-0.2, -0.15) is 8.78 Å². The Kier molecular flexibility index (Phi) is 4.03. The van der Waals surface area contributed by atoms with Crippen LogP contribution >= 0.6 is 0 Å². The molecule has 1 saturated carbocycles. The predicted octanol–water partition coefficient (Wildman–Crippen LogP) is 1.43. The number of primary amides is 1. The van der Waals surface area contributed by atoms with E-state index in [2.05, 4.69) is 0 Å². The topological polar surface area (TPSA) is 107 Å². The lowest BCUT2D eigenvalue weighted by Crippen LogP contribution is -2.41. The van der Waals surface area contributed by atoms with Crippen molar-refractivity contribution in [1.82, 2.24) is 0 Å². The molecule has 0 heterocycles. The van der Waals surface area contributed by atoms with Gasteiger partial charge in [0.15, 0.2) is 16.0 Å². The molecule has 3 rings (SSSR count). The molecule has 2 aliphatic rings. The lowest BCUT2D eigenvalue weighted by atomic mass is 9.82. The van der Waals surface area contributed by atoms with Gasteiger partial charge in [-0.15, -0.1) is 0 Å². The van der Waals surface area contributed by atoms with Gasteiger partial charge in [0.05, 0.1) is 4.90 Å². The number of fused-ring (bicyclic) bond motifs is 1. The summed E-state index contributed by atoms with van der Waals surface area (Å²) in [5, 5.41) is 9.80. The van der Waals surface area contributed by atoms with Crippen molar-refractivity contribution in [2.45, 2.75) is 42.0 Å². The number of aliphatic hydroxyl groups is 1. The normalized spacial score (nSPS) is 30.4. The largest absolute Gasteiger partial charge is 0.490 e. The van der Waals surface area contributed by atoms with E-state index in [1.807, 2.05) is 0 Å². The Morgan fingerprint density at radius 1 is 1.32 bits per heavy atom. The minimum atomic E-state index is -4.17. The van der Waals surface area contributed by atoms with E-state index >= 15 is 0 Å². The van der Waals surface area contributed by atoms with Crippen LogP contribution in [-0.4, -0.2) is 37.7 Å². The third-order valence-electron chi connectivity index (χ3n) is 4.63. The number of carbonyl (C=O) groups is 1. The second-order valence-corrected chi connectivity index (χ2v) is 8.40. The van der Waals surface area contributed by atoms with E-state index in [1.165, 1.54) is 0 Å². The first-order chi connectivity index (χ1) is 11.4. The average molecular weight is 379 g/mol. The zero-order chi connectivity index (χ0) is 18.7. The van der Waals surface area contributed by atoms with Gasteiger partial charge in [-0.25, -0.2) is 12.8 Å². The van der Waals surface area contributed by atoms with Gasteiger partial charge in [-0.3, -0.25) is 4.79 Å². The Morgan fingerprint density at radius 3 is 2.44 bits per heavy atom. The van der Waals surface area contributed by atoms with E-state index < -0.39 is 62.0 Å². The first kappa shape index (κ1) is 18.0. The van der Waals surface area contributed by atoms with E-state index in [-0.39, 0.29) is 18.6 Å². The van der Waals surface area contributed by atoms with Crippen molar-refractivity contribution in [3.63, 3.8) is 0 Å². The molecule has 0 saturated heterocycles. The molecule has 6 nitrogen and oxygen atoms in total. The Hall–Kier alpha value is -1.81. The summed E-state index contributed by atoms with van der Waals surface area (Å²) in [5.74, 6) is -5.35. The number of sulfone groups is 1. The molecule has 0 spiro atoms. The molecule has 1 amide bonds. The number of alkyl halides is 3. The van der Waals surface area contributed by atoms with Gasteiger partial charge in [0.25, 0.3) is 0 Å². The summed E-state index contributed by atoms with van der Waals surface area (Å²) in [6, 6.07) is 2.10. The molecule has 138 valence electrons. The summed E-state index contributed by atoms with van der Waals surface area (Å²) in [5.41, 5.74) is 3.79. The fourth-order valence-electron chi connectivity index (χ4n) is 3.16. The van der Waals surface area contributed by atoms with Crippen LogP contribution < -0.4 is 10.5 Å². The highest BCUT2D eigenvalue weighted by Crippen LogP contribution is 2.57. The third kappa shape index (κ3) is 2.77. The smallest absolute Gasteiger partial charge is 0.312 e. The van der Waals surface area contributed by atoms with E-state index in [9.17, 15) is 31.5 Å². The fourth-order valence-corrected chi connectivity index (χ4v) is 4.10. The Balaban J connectivity index is 2.02. The maximum Gasteiger partial charge on any atom is 0.312 e. The molecule has 2 aliphatic carbocycles. The number of nitrogens with two attached hydrogens (primary N) is 1. The highest BCUT2D eigenvalue weighted by atomic mass is 32.2. The van der Waals surface area contributed by atoms with Crippen molar-refractivity contribution in [2.24, 2.45) is 11.7 Å². The van der Waals surface area contributed by atoms with Gasteiger partial charge in [0.1, 0.15) is 18.0 Å². The van der Waals surface area contributed by atoms with Crippen molar-refractivity contribution >= 4 is 15.7 Å². The van der Waals surface area contributed by atoms with Crippen LogP contribution in [0.3, 0.4) is 0 Å². The number of benzene rings is 1. The van der Waals surface area contributed by atoms with Gasteiger partial charge < -0.3 is 15.6 Å². The molecule has 3 N–H and O–H groups in total. The van der Waals surface area contributed by atoms with Crippen LogP contribution in [0.5, 0.6) is 5.75 Å². The van der Waals surface area contributed by atoms with Crippen LogP contribution in [0.25, 0.3) is 0 Å². The van der Waals surface area contributed by atoms with E-state index in [1.54, 1.807) is 0 Å². The van der Waals surface area contributed by atoms with E-state index in [0.717, 1.165) is 18.4 Å². The number of amides is 1. The molecular weight excluding hydrogens is 363 g/mol. The highest BCUT2D eigenvalue weighted by molar-refractivity contribution is 7.90. The molecule has 2 atom stereocenters. The SMILES string of the molecule is CS(=O)(=O)c1ccc(OC2CC(C(N)=O)C2)c2c1[C@H](O)C(F)(F)[C@@H]2F. The standard InChI is InChI=1S/C15H16F3NO5S/c1-25(22,23)9-3-2-8(24-7-4-6(5-7)14(19)21)10-11(9)13(20)15(17,18)12(10)16/h2-3,6-7,12-13,20H,4-5H2,1H3,(H2,19,21)/t6?,7?,12-,13+/m1/s1. The summed E-state index contributed by atoms with van der Waals surface area (Å²) in [4.78, 5) is 10.4. The second kappa shape index (κ2) is 5.60. The third-order valence-corrected chi connectivity index (χ3v) is 5.78. The summed E-state index contributed by atoms with van der Waals surface area (Å²) >= 11 is 0. The molecule has 1 fully saturated rings. The molecule has 10 heteroatoms. The van der Waals surface area contributed by atoms with Gasteiger partial charge in [0, 0.05) is 23.3 Å². The van der Waals surface area contributed by atoms with Crippen LogP contribution in [-0.2, 0) is 14.6 Å². The van der Waals surface area contributed by atoms with E-state index in [4.69, 9.17) is 10.5 Å². The molecule has 0 radical (unpaired) electrons. The average Bonchev–Trinajstić information content (AvgIpc) is 2.62. The summed E-state index contributed by atoms with van der Waals surface area (Å²) < 4.78 is 71.2. The molecule has 0 unspecified atom stereocenters. The fraction of sp³-hybridized carbons (Fsp3) is 0.533. The minimum Gasteiger partial charge on any atom is -0.490 e. The van der Waals surface area contributed by atoms with E-state index in [0.29, 0.717) is 0 Å².